The van der Waals surface area contributed by atoms with Crippen LogP contribution in [0.1, 0.15) is 25.0 Å². The molecule has 2 aromatic carbocycles. The molecule has 10 nitrogen and oxygen atoms in total. The van der Waals surface area contributed by atoms with E-state index in [2.05, 4.69) is 10.6 Å². The molecule has 2 N–H and O–H groups in total. The molecule has 36 heavy (non-hydrogen) atoms. The maximum Gasteiger partial charge on any atom is 0.407 e. The Labute approximate surface area is 209 Å². The summed E-state index contributed by atoms with van der Waals surface area (Å²) in [5.41, 5.74) is 1.83. The van der Waals surface area contributed by atoms with E-state index in [1.54, 1.807) is 13.8 Å². The minimum Gasteiger partial charge on any atom is -0.459 e. The lowest BCUT2D eigenvalue weighted by atomic mass is 10.2. The molecule has 2 amide bonds. The van der Waals surface area contributed by atoms with Gasteiger partial charge in [-0.25, -0.2) is 19.2 Å². The third-order valence-electron chi connectivity index (χ3n) is 4.45. The van der Waals surface area contributed by atoms with Crippen LogP contribution in [0.4, 0.5) is 9.59 Å². The summed E-state index contributed by atoms with van der Waals surface area (Å²) in [6, 6.07) is 18.6. The van der Waals surface area contributed by atoms with Crippen LogP contribution >= 0.6 is 0 Å². The van der Waals surface area contributed by atoms with Crippen LogP contribution in [0, 0.1) is 0 Å². The summed E-state index contributed by atoms with van der Waals surface area (Å²) in [5, 5.41) is 5.19. The van der Waals surface area contributed by atoms with Gasteiger partial charge in [-0.2, -0.15) is 0 Å². The average Bonchev–Trinajstić information content (AvgIpc) is 2.88. The van der Waals surface area contributed by atoms with Crippen molar-refractivity contribution < 1.29 is 38.1 Å². The van der Waals surface area contributed by atoms with Gasteiger partial charge in [-0.1, -0.05) is 60.7 Å². The second-order valence-electron chi connectivity index (χ2n) is 7.70. The fraction of sp³-hybridized carbons (Fsp3) is 0.308. The molecule has 2 rings (SSSR count). The zero-order valence-corrected chi connectivity index (χ0v) is 20.2. The van der Waals surface area contributed by atoms with Gasteiger partial charge in [-0.05, 0) is 25.0 Å². The van der Waals surface area contributed by atoms with Gasteiger partial charge < -0.3 is 29.6 Å². The number of hydrogen-bond acceptors (Lipinski definition) is 8. The first-order chi connectivity index (χ1) is 17.3. The molecule has 0 heterocycles. The number of ether oxygens (including phenoxy) is 4. The van der Waals surface area contributed by atoms with Crippen molar-refractivity contribution in [2.24, 2.45) is 0 Å². The Balaban J connectivity index is 1.56. The lowest BCUT2D eigenvalue weighted by Crippen LogP contribution is -2.30. The van der Waals surface area contributed by atoms with Crippen LogP contribution in [0.15, 0.2) is 72.8 Å². The van der Waals surface area contributed by atoms with Gasteiger partial charge in [0, 0.05) is 25.2 Å². The SMILES string of the molecule is C[C@H](COC(=O)/C=C/C(=O)OC[C@@H](C)OC(=O)NCc1ccccc1)OC(=O)NCc1ccccc1. The third-order valence-corrected chi connectivity index (χ3v) is 4.45. The molecule has 0 aliphatic heterocycles. The predicted molar refractivity (Wildman–Crippen MR) is 130 cm³/mol. The van der Waals surface area contributed by atoms with Gasteiger partial charge in [-0.3, -0.25) is 0 Å². The van der Waals surface area contributed by atoms with Gasteiger partial charge in [0.15, 0.2) is 0 Å². The number of benzene rings is 2. The Bertz CT molecular complexity index is 930. The molecule has 0 aromatic heterocycles. The van der Waals surface area contributed by atoms with E-state index in [-0.39, 0.29) is 13.2 Å². The first-order valence-corrected chi connectivity index (χ1v) is 11.3. The summed E-state index contributed by atoms with van der Waals surface area (Å²) >= 11 is 0. The zero-order chi connectivity index (χ0) is 26.2. The minimum absolute atomic E-state index is 0.194. The summed E-state index contributed by atoms with van der Waals surface area (Å²) in [4.78, 5) is 47.1. The highest BCUT2D eigenvalue weighted by molar-refractivity contribution is 5.91. The summed E-state index contributed by atoms with van der Waals surface area (Å²) in [7, 11) is 0. The maximum atomic E-state index is 11.8. The van der Waals surface area contributed by atoms with Gasteiger partial charge in [0.1, 0.15) is 25.4 Å². The Kier molecular flexibility index (Phi) is 12.0. The van der Waals surface area contributed by atoms with Crippen molar-refractivity contribution in [3.8, 4) is 0 Å². The number of amides is 2. The molecule has 0 bridgehead atoms. The molecule has 0 radical (unpaired) electrons. The van der Waals surface area contributed by atoms with E-state index in [1.807, 2.05) is 60.7 Å². The number of esters is 2. The van der Waals surface area contributed by atoms with Gasteiger partial charge >= 0.3 is 24.1 Å². The fourth-order valence-electron chi connectivity index (χ4n) is 2.69. The second-order valence-corrected chi connectivity index (χ2v) is 7.70. The lowest BCUT2D eigenvalue weighted by Gasteiger charge is -2.14. The Hall–Kier alpha value is -4.34. The van der Waals surface area contributed by atoms with Crippen LogP contribution in [0.3, 0.4) is 0 Å². The van der Waals surface area contributed by atoms with Crippen LogP contribution in [0.2, 0.25) is 0 Å². The molecule has 2 aromatic rings. The maximum absolute atomic E-state index is 11.8. The van der Waals surface area contributed by atoms with Crippen molar-refractivity contribution in [1.29, 1.82) is 0 Å². The number of hydrogen-bond donors (Lipinski definition) is 2. The first-order valence-electron chi connectivity index (χ1n) is 11.3. The van der Waals surface area contributed by atoms with Crippen molar-refractivity contribution in [3.63, 3.8) is 0 Å². The minimum atomic E-state index is -0.809. The molecule has 2 atom stereocenters. The van der Waals surface area contributed by atoms with Crippen LogP contribution < -0.4 is 10.6 Å². The fourth-order valence-corrected chi connectivity index (χ4v) is 2.69. The molecule has 0 saturated heterocycles. The smallest absolute Gasteiger partial charge is 0.407 e. The average molecular weight is 499 g/mol. The number of carbonyl (C=O) groups excluding carboxylic acids is 4. The quantitative estimate of drug-likeness (QED) is 0.259. The molecule has 0 spiro atoms. The highest BCUT2D eigenvalue weighted by Gasteiger charge is 2.13. The summed E-state index contributed by atoms with van der Waals surface area (Å²) in [5.74, 6) is -1.62. The molecule has 192 valence electrons. The predicted octanol–water partition coefficient (Wildman–Crippen LogP) is 3.26. The number of nitrogens with one attached hydrogen (secondary N) is 2. The van der Waals surface area contributed by atoms with E-state index in [0.29, 0.717) is 13.1 Å². The highest BCUT2D eigenvalue weighted by atomic mass is 16.6. The summed E-state index contributed by atoms with van der Waals surface area (Å²) in [6.45, 7) is 3.34. The number of alkyl carbamates (subject to hydrolysis) is 2. The van der Waals surface area contributed by atoms with Crippen molar-refractivity contribution in [1.82, 2.24) is 10.6 Å². The zero-order valence-electron chi connectivity index (χ0n) is 20.2. The molecular weight excluding hydrogens is 468 g/mol. The van der Waals surface area contributed by atoms with E-state index >= 15 is 0 Å². The van der Waals surface area contributed by atoms with E-state index in [1.165, 1.54) is 0 Å². The van der Waals surface area contributed by atoms with Crippen molar-refractivity contribution in [3.05, 3.63) is 83.9 Å². The van der Waals surface area contributed by atoms with Gasteiger partial charge in [-0.15, -0.1) is 0 Å². The molecule has 10 heteroatoms. The number of carbonyl (C=O) groups is 4. The van der Waals surface area contributed by atoms with E-state index in [9.17, 15) is 19.2 Å². The van der Waals surface area contributed by atoms with Gasteiger partial charge in [0.2, 0.25) is 0 Å². The van der Waals surface area contributed by atoms with Crippen molar-refractivity contribution in [2.75, 3.05) is 13.2 Å². The van der Waals surface area contributed by atoms with Crippen molar-refractivity contribution >= 4 is 24.1 Å². The number of rotatable bonds is 12. The lowest BCUT2D eigenvalue weighted by molar-refractivity contribution is -0.143. The highest BCUT2D eigenvalue weighted by Crippen LogP contribution is 2.01. The standard InChI is InChI=1S/C26H30N2O8/c1-19(35-25(31)27-15-21-9-5-3-6-10-21)17-33-23(29)13-14-24(30)34-18-20(2)36-26(32)28-16-22-11-7-4-8-12-22/h3-14,19-20H,15-18H2,1-2H3,(H,27,31)(H,28,32)/b14-13+/t19-,20-/m1/s1. The van der Waals surface area contributed by atoms with E-state index in [4.69, 9.17) is 18.9 Å². The van der Waals surface area contributed by atoms with E-state index in [0.717, 1.165) is 23.3 Å². The first kappa shape index (κ1) is 27.9. The third kappa shape index (κ3) is 12.2. The molecule has 0 unspecified atom stereocenters. The molecule has 0 saturated carbocycles. The van der Waals surface area contributed by atoms with Crippen molar-refractivity contribution in [2.45, 2.75) is 39.1 Å². The van der Waals surface area contributed by atoms with Crippen LogP contribution in [-0.2, 0) is 41.6 Å². The monoisotopic (exact) mass is 498 g/mol. The van der Waals surface area contributed by atoms with Crippen LogP contribution in [0.25, 0.3) is 0 Å². The molecule has 0 aliphatic carbocycles. The van der Waals surface area contributed by atoms with E-state index < -0.39 is 36.3 Å². The second kappa shape index (κ2) is 15.5. The Morgan fingerprint density at radius 3 is 1.39 bits per heavy atom. The Morgan fingerprint density at radius 2 is 1.03 bits per heavy atom. The van der Waals surface area contributed by atoms with Gasteiger partial charge in [0.25, 0.3) is 0 Å². The molecule has 0 aliphatic rings. The molecule has 0 fully saturated rings. The molecular formula is C26H30N2O8. The largest absolute Gasteiger partial charge is 0.459 e. The normalized spacial score (nSPS) is 12.2. The van der Waals surface area contributed by atoms with Crippen LogP contribution in [-0.4, -0.2) is 49.5 Å². The summed E-state index contributed by atoms with van der Waals surface area (Å²) in [6.07, 6.45) is -0.906. The van der Waals surface area contributed by atoms with Crippen LogP contribution in [0.5, 0.6) is 0 Å². The Morgan fingerprint density at radius 1 is 0.667 bits per heavy atom. The van der Waals surface area contributed by atoms with Gasteiger partial charge in [0.05, 0.1) is 0 Å². The summed E-state index contributed by atoms with van der Waals surface area (Å²) < 4.78 is 20.1. The topological polar surface area (TPSA) is 129 Å².